The van der Waals surface area contributed by atoms with Crippen LogP contribution in [0.15, 0.2) is 23.4 Å². The number of carbonyl (C=O) groups is 3. The summed E-state index contributed by atoms with van der Waals surface area (Å²) in [4.78, 5) is 39.4. The van der Waals surface area contributed by atoms with Crippen molar-refractivity contribution in [2.45, 2.75) is 32.2 Å². The first-order chi connectivity index (χ1) is 16.2. The number of rotatable bonds is 8. The van der Waals surface area contributed by atoms with Crippen LogP contribution < -0.4 is 5.32 Å². The number of aromatic hydroxyl groups is 2. The Balaban J connectivity index is 1.67. The molecule has 10 nitrogen and oxygen atoms in total. The van der Waals surface area contributed by atoms with Crippen LogP contribution in [-0.4, -0.2) is 86.8 Å². The maximum atomic E-state index is 13.3. The molecule has 1 fully saturated rings. The number of carbonyl (C=O) groups excluding carboxylic acids is 2. The number of aliphatic hydroxyl groups is 1. The number of hydrogen-bond donors (Lipinski definition) is 5. The van der Waals surface area contributed by atoms with E-state index in [2.05, 4.69) is 5.32 Å². The van der Waals surface area contributed by atoms with E-state index in [9.17, 15) is 48.0 Å². The van der Waals surface area contributed by atoms with E-state index in [1.54, 1.807) is 18.9 Å². The molecule has 0 bridgehead atoms. The highest BCUT2D eigenvalue weighted by molar-refractivity contribution is 6.00. The second-order valence-corrected chi connectivity index (χ2v) is 8.78. The highest BCUT2D eigenvalue weighted by Crippen LogP contribution is 2.47. The zero-order valence-corrected chi connectivity index (χ0v) is 19.1. The second kappa shape index (κ2) is 9.38. The van der Waals surface area contributed by atoms with Crippen molar-refractivity contribution in [3.63, 3.8) is 0 Å². The summed E-state index contributed by atoms with van der Waals surface area (Å²) in [5.74, 6) is -6.36. The smallest absolute Gasteiger partial charge is 0.420 e. The minimum absolute atomic E-state index is 0.110. The lowest BCUT2D eigenvalue weighted by molar-refractivity contribution is -0.163. The molecular weight excluding hydrogens is 475 g/mol. The molecule has 0 aromatic heterocycles. The molecule has 0 saturated carbocycles. The molecule has 4 atom stereocenters. The number of benzene rings is 1. The number of likely N-dealkylation sites (N-methyl/N-ethyl adjacent to an activating group) is 1. The third-order valence-corrected chi connectivity index (χ3v) is 6.42. The van der Waals surface area contributed by atoms with Crippen LogP contribution in [0.2, 0.25) is 0 Å². The minimum Gasteiger partial charge on any atom is -0.504 e. The summed E-state index contributed by atoms with van der Waals surface area (Å²) in [5, 5.41) is 40.8. The van der Waals surface area contributed by atoms with E-state index in [-0.39, 0.29) is 31.2 Å². The minimum atomic E-state index is -5.08. The molecule has 35 heavy (non-hydrogen) atoms. The fourth-order valence-corrected chi connectivity index (χ4v) is 4.74. The zero-order chi connectivity index (χ0) is 26.4. The van der Waals surface area contributed by atoms with E-state index in [0.717, 1.165) is 12.1 Å². The Kier molecular flexibility index (Phi) is 7.04. The molecule has 0 radical (unpaired) electrons. The van der Waals surface area contributed by atoms with Crippen molar-refractivity contribution in [2.24, 2.45) is 11.8 Å². The van der Waals surface area contributed by atoms with Crippen LogP contribution in [0.1, 0.15) is 29.8 Å². The molecule has 1 aromatic carbocycles. The van der Waals surface area contributed by atoms with Crippen molar-refractivity contribution in [3.05, 3.63) is 34.5 Å². The molecule has 0 aliphatic carbocycles. The van der Waals surface area contributed by atoms with Crippen LogP contribution in [0, 0.1) is 11.8 Å². The fraction of sp³-hybridized carbons (Fsp3) is 0.500. The Morgan fingerprint density at radius 2 is 1.89 bits per heavy atom. The second-order valence-electron chi connectivity index (χ2n) is 8.78. The van der Waals surface area contributed by atoms with Gasteiger partial charge >= 0.3 is 12.1 Å². The van der Waals surface area contributed by atoms with E-state index < -0.39 is 64.6 Å². The molecule has 13 heteroatoms. The van der Waals surface area contributed by atoms with E-state index in [0.29, 0.717) is 5.57 Å². The van der Waals surface area contributed by atoms with Crippen LogP contribution in [0.3, 0.4) is 0 Å². The molecule has 0 spiro atoms. The van der Waals surface area contributed by atoms with Gasteiger partial charge in [-0.2, -0.15) is 13.2 Å². The summed E-state index contributed by atoms with van der Waals surface area (Å²) in [6, 6.07) is 1.05. The summed E-state index contributed by atoms with van der Waals surface area (Å²) in [7, 11) is 1.61. The predicted molar refractivity (Wildman–Crippen MR) is 114 cm³/mol. The number of halogens is 3. The normalized spacial score (nSPS) is 22.8. The first kappa shape index (κ1) is 26.3. The number of phenolic OH excluding ortho intramolecular Hbond substituents is 2. The van der Waals surface area contributed by atoms with Gasteiger partial charge in [-0.15, -0.1) is 0 Å². The quantitative estimate of drug-likeness (QED) is 0.261. The number of amides is 2. The zero-order valence-electron chi connectivity index (χ0n) is 19.1. The number of aliphatic hydroxyl groups excluding tert-OH is 1. The molecule has 5 N–H and O–H groups in total. The Labute approximate surface area is 198 Å². The molecule has 192 valence electrons. The highest BCUT2D eigenvalue weighted by atomic mass is 19.4. The Bertz CT molecular complexity index is 1090. The van der Waals surface area contributed by atoms with Gasteiger partial charge in [0.2, 0.25) is 5.91 Å². The maximum absolute atomic E-state index is 13.3. The molecule has 1 saturated heterocycles. The first-order valence-corrected chi connectivity index (χ1v) is 10.7. The standard InChI is InChI=1S/C22H26F3N3O7/c1-9-12(17(21(34)35)28-16(9)14(10(2)29)20(28)33)8-27(3)7-6-26-19(32)11-4-5-13(30)18(31)15(11)22(23,24)25/h4-5,9-10,14,16,29-31H,6-8H2,1-3H3,(H,26,32)(H,34,35)/t9?,10?,14?,16-/m1/s1. The lowest BCUT2D eigenvalue weighted by atomic mass is 9.77. The maximum Gasteiger partial charge on any atom is 0.420 e. The highest BCUT2D eigenvalue weighted by Gasteiger charge is 2.59. The van der Waals surface area contributed by atoms with E-state index >= 15 is 0 Å². The van der Waals surface area contributed by atoms with Gasteiger partial charge in [0.1, 0.15) is 11.3 Å². The van der Waals surface area contributed by atoms with Gasteiger partial charge in [-0.05, 0) is 31.7 Å². The third-order valence-electron chi connectivity index (χ3n) is 6.42. The van der Waals surface area contributed by atoms with Crippen LogP contribution in [0.5, 0.6) is 11.5 Å². The number of carboxylic acids is 1. The number of aliphatic carboxylic acids is 1. The fourth-order valence-electron chi connectivity index (χ4n) is 4.74. The summed E-state index contributed by atoms with van der Waals surface area (Å²) in [6.45, 7) is 3.35. The van der Waals surface area contributed by atoms with E-state index in [1.165, 1.54) is 11.8 Å². The lowest BCUT2D eigenvalue weighted by Gasteiger charge is -2.46. The summed E-state index contributed by atoms with van der Waals surface area (Å²) in [5.41, 5.74) is -2.19. The Hall–Kier alpha value is -3.32. The van der Waals surface area contributed by atoms with Gasteiger partial charge in [0.25, 0.3) is 5.91 Å². The van der Waals surface area contributed by atoms with Gasteiger partial charge in [-0.25, -0.2) is 4.79 Å². The SMILES string of the molecule is CC(O)C1C(=O)N2C(C(=O)O)=C(CN(C)CCNC(=O)c3ccc(O)c(O)c3C(F)(F)F)C(C)[C@H]12. The first-order valence-electron chi connectivity index (χ1n) is 10.7. The molecule has 2 aliphatic heterocycles. The van der Waals surface area contributed by atoms with Crippen LogP contribution in [0.25, 0.3) is 0 Å². The largest absolute Gasteiger partial charge is 0.504 e. The topological polar surface area (TPSA) is 151 Å². The average Bonchev–Trinajstić information content (AvgIpc) is 2.97. The average molecular weight is 501 g/mol. The molecule has 2 aliphatic rings. The predicted octanol–water partition coefficient (Wildman–Crippen LogP) is 0.974. The number of fused-ring (bicyclic) bond motifs is 1. The Morgan fingerprint density at radius 3 is 2.43 bits per heavy atom. The number of β-lactam (4-membered cyclic amide) rings is 1. The third kappa shape index (κ3) is 4.65. The molecular formula is C22H26F3N3O7. The number of hydrogen-bond acceptors (Lipinski definition) is 7. The van der Waals surface area contributed by atoms with E-state index in [1.807, 2.05) is 0 Å². The monoisotopic (exact) mass is 501 g/mol. The van der Waals surface area contributed by atoms with Crippen molar-refractivity contribution in [1.82, 2.24) is 15.1 Å². The van der Waals surface area contributed by atoms with Gasteiger partial charge in [-0.1, -0.05) is 6.92 Å². The molecule has 3 unspecified atom stereocenters. The number of nitrogens with one attached hydrogen (secondary N) is 1. The van der Waals surface area contributed by atoms with Crippen molar-refractivity contribution < 1.29 is 48.0 Å². The van der Waals surface area contributed by atoms with Gasteiger partial charge in [0.15, 0.2) is 11.5 Å². The summed E-state index contributed by atoms with van der Waals surface area (Å²) in [6.07, 6.45) is -6.02. The van der Waals surface area contributed by atoms with Crippen molar-refractivity contribution in [3.8, 4) is 11.5 Å². The number of nitrogens with zero attached hydrogens (tertiary/aromatic N) is 2. The van der Waals surface area contributed by atoms with Crippen molar-refractivity contribution >= 4 is 17.8 Å². The van der Waals surface area contributed by atoms with Gasteiger partial charge in [0.05, 0.1) is 23.6 Å². The van der Waals surface area contributed by atoms with E-state index in [4.69, 9.17) is 0 Å². The summed E-state index contributed by atoms with van der Waals surface area (Å²) < 4.78 is 39.8. The summed E-state index contributed by atoms with van der Waals surface area (Å²) >= 11 is 0. The van der Waals surface area contributed by atoms with Crippen LogP contribution in [0.4, 0.5) is 13.2 Å². The molecule has 2 amide bonds. The number of alkyl halides is 3. The van der Waals surface area contributed by atoms with Gasteiger partial charge in [-0.3, -0.25) is 9.59 Å². The van der Waals surface area contributed by atoms with Crippen molar-refractivity contribution in [2.75, 3.05) is 26.7 Å². The molecule has 3 rings (SSSR count). The van der Waals surface area contributed by atoms with Gasteiger partial charge in [0, 0.05) is 25.6 Å². The van der Waals surface area contributed by atoms with Crippen LogP contribution >= 0.6 is 0 Å². The Morgan fingerprint density at radius 1 is 1.26 bits per heavy atom. The number of carboxylic acid groups (broad SMARTS) is 1. The number of phenols is 2. The molecule has 2 heterocycles. The lowest BCUT2D eigenvalue weighted by Crippen LogP contribution is -2.63. The van der Waals surface area contributed by atoms with Crippen molar-refractivity contribution in [1.29, 1.82) is 0 Å². The van der Waals surface area contributed by atoms with Crippen LogP contribution in [-0.2, 0) is 15.8 Å². The van der Waals surface area contributed by atoms with Gasteiger partial charge < -0.3 is 35.5 Å². The molecule has 1 aromatic rings.